The van der Waals surface area contributed by atoms with Crippen molar-refractivity contribution in [1.29, 1.82) is 0 Å². The molecular weight excluding hydrogens is 304 g/mol. The van der Waals surface area contributed by atoms with E-state index in [1.54, 1.807) is 0 Å². The molecule has 3 aliphatic carbocycles. The van der Waals surface area contributed by atoms with Gasteiger partial charge in [0.05, 0.1) is 0 Å². The molecule has 2 nitrogen and oxygen atoms in total. The third-order valence-corrected chi connectivity index (χ3v) is 8.36. The maximum Gasteiger partial charge on any atom is 0.0275 e. The lowest BCUT2D eigenvalue weighted by Gasteiger charge is -2.46. The van der Waals surface area contributed by atoms with E-state index in [-0.39, 0.29) is 0 Å². The predicted molar refractivity (Wildman–Crippen MR) is 107 cm³/mol. The van der Waals surface area contributed by atoms with E-state index in [2.05, 4.69) is 35.9 Å². The second-order valence-corrected chi connectivity index (χ2v) is 9.56. The quantitative estimate of drug-likeness (QED) is 0.497. The molecule has 1 heterocycles. The van der Waals surface area contributed by atoms with Crippen LogP contribution in [-0.2, 0) is 0 Å². The highest BCUT2D eigenvalue weighted by atomic mass is 15.3. The fraction of sp³-hybridized carbons (Fsp3) is 0.913. The SMILES string of the molecule is CCC1(N2CCC(N(C)[C@@H]3CC3C3CCCCCC3)CC2)CC=CC1. The fourth-order valence-electron chi connectivity index (χ4n) is 6.39. The number of likely N-dealkylation sites (tertiary alicyclic amines) is 1. The summed E-state index contributed by atoms with van der Waals surface area (Å²) in [5.74, 6) is 2.10. The molecule has 142 valence electrons. The predicted octanol–water partition coefficient (Wildman–Crippen LogP) is 5.24. The van der Waals surface area contributed by atoms with Crippen molar-refractivity contribution in [2.24, 2.45) is 11.8 Å². The average Bonchev–Trinajstić information content (AvgIpc) is 3.37. The number of hydrogen-bond acceptors (Lipinski definition) is 2. The Bertz CT molecular complexity index is 447. The molecule has 1 saturated heterocycles. The molecule has 4 rings (SSSR count). The van der Waals surface area contributed by atoms with E-state index in [1.807, 2.05) is 0 Å². The van der Waals surface area contributed by atoms with Crippen LogP contribution in [0.3, 0.4) is 0 Å². The van der Waals surface area contributed by atoms with Gasteiger partial charge in [-0.1, -0.05) is 57.6 Å². The molecule has 4 aliphatic rings. The minimum absolute atomic E-state index is 0.478. The van der Waals surface area contributed by atoms with Gasteiger partial charge in [0.25, 0.3) is 0 Å². The third-order valence-electron chi connectivity index (χ3n) is 8.36. The topological polar surface area (TPSA) is 6.48 Å². The zero-order chi connectivity index (χ0) is 17.3. The Balaban J connectivity index is 1.27. The van der Waals surface area contributed by atoms with E-state index in [0.717, 1.165) is 23.9 Å². The van der Waals surface area contributed by atoms with Crippen LogP contribution in [0.5, 0.6) is 0 Å². The number of nitrogens with zero attached hydrogens (tertiary/aromatic N) is 2. The van der Waals surface area contributed by atoms with Crippen LogP contribution in [0, 0.1) is 11.8 Å². The van der Waals surface area contributed by atoms with E-state index in [4.69, 9.17) is 0 Å². The molecule has 0 spiro atoms. The van der Waals surface area contributed by atoms with Crippen molar-refractivity contribution in [3.05, 3.63) is 12.2 Å². The van der Waals surface area contributed by atoms with Gasteiger partial charge in [-0.05, 0) is 57.4 Å². The molecule has 2 atom stereocenters. The third kappa shape index (κ3) is 3.72. The summed E-state index contributed by atoms with van der Waals surface area (Å²) < 4.78 is 0. The molecule has 0 aromatic rings. The first kappa shape index (κ1) is 18.0. The Labute approximate surface area is 156 Å². The molecule has 2 heteroatoms. The first-order chi connectivity index (χ1) is 12.2. The van der Waals surface area contributed by atoms with Gasteiger partial charge in [-0.25, -0.2) is 0 Å². The Morgan fingerprint density at radius 2 is 1.60 bits per heavy atom. The standard InChI is InChI=1S/C23H40N2/c1-3-23(14-8-9-15-23)25-16-12-20(13-17-25)24(2)22-18-21(22)19-10-6-4-5-7-11-19/h8-9,19-22H,3-7,10-18H2,1-2H3/t21?,22-/m1/s1. The molecule has 0 bridgehead atoms. The lowest BCUT2D eigenvalue weighted by Crippen LogP contribution is -2.53. The van der Waals surface area contributed by atoms with E-state index >= 15 is 0 Å². The van der Waals surface area contributed by atoms with Crippen LogP contribution in [0.1, 0.15) is 84.0 Å². The Morgan fingerprint density at radius 1 is 0.960 bits per heavy atom. The fourth-order valence-corrected chi connectivity index (χ4v) is 6.39. The molecule has 1 aliphatic heterocycles. The molecule has 2 saturated carbocycles. The van der Waals surface area contributed by atoms with Gasteiger partial charge >= 0.3 is 0 Å². The van der Waals surface area contributed by atoms with Gasteiger partial charge in [0.1, 0.15) is 0 Å². The molecule has 1 unspecified atom stereocenters. The molecule has 0 radical (unpaired) electrons. The summed E-state index contributed by atoms with van der Waals surface area (Å²) in [5, 5.41) is 0. The first-order valence-corrected chi connectivity index (χ1v) is 11.4. The van der Waals surface area contributed by atoms with Gasteiger partial charge in [0.15, 0.2) is 0 Å². The smallest absolute Gasteiger partial charge is 0.0275 e. The van der Waals surface area contributed by atoms with Crippen LogP contribution >= 0.6 is 0 Å². The second-order valence-electron chi connectivity index (χ2n) is 9.56. The summed E-state index contributed by atoms with van der Waals surface area (Å²) >= 11 is 0. The number of piperidine rings is 1. The van der Waals surface area contributed by atoms with Crippen LogP contribution in [0.25, 0.3) is 0 Å². The molecule has 0 amide bonds. The Hall–Kier alpha value is -0.340. The molecule has 0 aromatic carbocycles. The van der Waals surface area contributed by atoms with Crippen molar-refractivity contribution in [2.75, 3.05) is 20.1 Å². The largest absolute Gasteiger partial charge is 0.300 e. The van der Waals surface area contributed by atoms with E-state index < -0.39 is 0 Å². The summed E-state index contributed by atoms with van der Waals surface area (Å²) in [4.78, 5) is 5.66. The Kier molecular flexibility index (Phi) is 5.57. The van der Waals surface area contributed by atoms with Crippen molar-refractivity contribution >= 4 is 0 Å². The van der Waals surface area contributed by atoms with Crippen molar-refractivity contribution in [3.63, 3.8) is 0 Å². The van der Waals surface area contributed by atoms with Gasteiger partial charge < -0.3 is 4.90 Å². The monoisotopic (exact) mass is 344 g/mol. The maximum absolute atomic E-state index is 2.84. The lowest BCUT2D eigenvalue weighted by molar-refractivity contribution is 0.0357. The van der Waals surface area contributed by atoms with Gasteiger partial charge in [-0.2, -0.15) is 0 Å². The normalized spacial score (nSPS) is 34.5. The maximum atomic E-state index is 2.84. The van der Waals surface area contributed by atoms with Crippen LogP contribution in [0.15, 0.2) is 12.2 Å². The van der Waals surface area contributed by atoms with Crippen LogP contribution in [0.4, 0.5) is 0 Å². The minimum Gasteiger partial charge on any atom is -0.300 e. The zero-order valence-corrected chi connectivity index (χ0v) is 16.8. The summed E-state index contributed by atoms with van der Waals surface area (Å²) in [6, 6.07) is 1.77. The second kappa shape index (κ2) is 7.72. The van der Waals surface area contributed by atoms with Crippen molar-refractivity contribution in [2.45, 2.75) is 102 Å². The summed E-state index contributed by atoms with van der Waals surface area (Å²) in [6.45, 7) is 5.05. The minimum atomic E-state index is 0.478. The zero-order valence-electron chi connectivity index (χ0n) is 16.8. The van der Waals surface area contributed by atoms with E-state index in [1.165, 1.54) is 90.1 Å². The van der Waals surface area contributed by atoms with E-state index in [0.29, 0.717) is 5.54 Å². The highest BCUT2D eigenvalue weighted by Crippen LogP contribution is 2.47. The molecular formula is C23H40N2. The van der Waals surface area contributed by atoms with Gasteiger partial charge in [-0.3, -0.25) is 4.90 Å². The number of rotatable bonds is 5. The number of hydrogen-bond donors (Lipinski definition) is 0. The van der Waals surface area contributed by atoms with Crippen LogP contribution < -0.4 is 0 Å². The van der Waals surface area contributed by atoms with Gasteiger partial charge in [-0.15, -0.1) is 0 Å². The highest BCUT2D eigenvalue weighted by Gasteiger charge is 2.47. The van der Waals surface area contributed by atoms with Gasteiger partial charge in [0.2, 0.25) is 0 Å². The van der Waals surface area contributed by atoms with E-state index in [9.17, 15) is 0 Å². The molecule has 0 aromatic heterocycles. The van der Waals surface area contributed by atoms with Gasteiger partial charge in [0, 0.05) is 30.7 Å². The summed E-state index contributed by atoms with van der Waals surface area (Å²) in [5.41, 5.74) is 0.478. The summed E-state index contributed by atoms with van der Waals surface area (Å²) in [7, 11) is 2.45. The summed E-state index contributed by atoms with van der Waals surface area (Å²) in [6.07, 6.45) is 22.1. The van der Waals surface area contributed by atoms with Crippen molar-refractivity contribution in [1.82, 2.24) is 9.80 Å². The first-order valence-electron chi connectivity index (χ1n) is 11.4. The Morgan fingerprint density at radius 3 is 2.20 bits per heavy atom. The van der Waals surface area contributed by atoms with Crippen molar-refractivity contribution in [3.8, 4) is 0 Å². The lowest BCUT2D eigenvalue weighted by atomic mass is 9.88. The van der Waals surface area contributed by atoms with Crippen molar-refractivity contribution < 1.29 is 0 Å². The average molecular weight is 345 g/mol. The molecule has 0 N–H and O–H groups in total. The molecule has 3 fully saturated rings. The van der Waals surface area contributed by atoms with Crippen LogP contribution in [-0.4, -0.2) is 47.6 Å². The molecule has 25 heavy (non-hydrogen) atoms. The van der Waals surface area contributed by atoms with Crippen LogP contribution in [0.2, 0.25) is 0 Å². The highest BCUT2D eigenvalue weighted by molar-refractivity contribution is 5.10.